The lowest BCUT2D eigenvalue weighted by Gasteiger charge is -2.36. The van der Waals surface area contributed by atoms with E-state index in [9.17, 15) is 9.59 Å². The highest BCUT2D eigenvalue weighted by Gasteiger charge is 2.28. The zero-order valence-electron chi connectivity index (χ0n) is 12.2. The summed E-state index contributed by atoms with van der Waals surface area (Å²) in [6.07, 6.45) is 3.55. The predicted molar refractivity (Wildman–Crippen MR) is 73.2 cm³/mol. The van der Waals surface area contributed by atoms with Gasteiger partial charge in [0.2, 0.25) is 5.91 Å². The number of carbonyl (C=O) groups excluding carboxylic acids is 2. The molecule has 114 valence electrons. The first-order valence-electron chi connectivity index (χ1n) is 7.37. The van der Waals surface area contributed by atoms with E-state index >= 15 is 0 Å². The lowest BCUT2D eigenvalue weighted by atomic mass is 9.99. The second-order valence-electron chi connectivity index (χ2n) is 5.39. The minimum Gasteiger partial charge on any atom is -0.469 e. The molecule has 2 fully saturated rings. The van der Waals surface area contributed by atoms with Gasteiger partial charge in [0.15, 0.2) is 0 Å². The van der Waals surface area contributed by atoms with Gasteiger partial charge >= 0.3 is 5.97 Å². The molecule has 0 bridgehead atoms. The third-order valence-corrected chi connectivity index (χ3v) is 4.08. The third kappa shape index (κ3) is 4.18. The summed E-state index contributed by atoms with van der Waals surface area (Å²) < 4.78 is 10.0. The molecule has 0 radical (unpaired) electrons. The van der Waals surface area contributed by atoms with Crippen molar-refractivity contribution < 1.29 is 19.1 Å². The van der Waals surface area contributed by atoms with Crippen LogP contribution >= 0.6 is 0 Å². The number of piperidine rings is 1. The van der Waals surface area contributed by atoms with Crippen molar-refractivity contribution in [2.75, 3.05) is 46.5 Å². The van der Waals surface area contributed by atoms with Crippen molar-refractivity contribution in [1.82, 2.24) is 9.80 Å². The summed E-state index contributed by atoms with van der Waals surface area (Å²) in [5.74, 6) is -0.0502. The molecule has 2 aliphatic heterocycles. The summed E-state index contributed by atoms with van der Waals surface area (Å²) in [7, 11) is 1.41. The maximum absolute atomic E-state index is 12.3. The second-order valence-corrected chi connectivity index (χ2v) is 5.39. The van der Waals surface area contributed by atoms with Crippen molar-refractivity contribution >= 4 is 11.9 Å². The number of ether oxygens (including phenoxy) is 2. The van der Waals surface area contributed by atoms with Crippen LogP contribution in [-0.2, 0) is 19.1 Å². The monoisotopic (exact) mass is 284 g/mol. The molecule has 2 heterocycles. The van der Waals surface area contributed by atoms with Gasteiger partial charge in [-0.15, -0.1) is 0 Å². The fraction of sp³-hybridized carbons (Fsp3) is 0.857. The van der Waals surface area contributed by atoms with Crippen molar-refractivity contribution in [2.45, 2.75) is 31.7 Å². The summed E-state index contributed by atoms with van der Waals surface area (Å²) >= 11 is 0. The van der Waals surface area contributed by atoms with Crippen LogP contribution in [0.1, 0.15) is 25.7 Å². The number of esters is 1. The standard InChI is InChI=1S/C14H24N2O4/c1-19-14(18)10-12-4-2-3-5-16(12)11-13(17)15-6-8-20-9-7-15/h12H,2-11H2,1H3. The number of amides is 1. The van der Waals surface area contributed by atoms with Gasteiger partial charge in [0, 0.05) is 19.1 Å². The van der Waals surface area contributed by atoms with Gasteiger partial charge in [-0.3, -0.25) is 14.5 Å². The fourth-order valence-corrected chi connectivity index (χ4v) is 2.86. The van der Waals surface area contributed by atoms with Crippen LogP contribution in [0.2, 0.25) is 0 Å². The molecule has 1 amide bonds. The minimum atomic E-state index is -0.194. The number of rotatable bonds is 4. The molecule has 20 heavy (non-hydrogen) atoms. The topological polar surface area (TPSA) is 59.1 Å². The highest BCUT2D eigenvalue weighted by atomic mass is 16.5. The van der Waals surface area contributed by atoms with Crippen LogP contribution in [0.4, 0.5) is 0 Å². The number of methoxy groups -OCH3 is 1. The van der Waals surface area contributed by atoms with E-state index in [0.717, 1.165) is 25.8 Å². The van der Waals surface area contributed by atoms with Gasteiger partial charge < -0.3 is 14.4 Å². The molecular weight excluding hydrogens is 260 g/mol. The Morgan fingerprint density at radius 2 is 1.95 bits per heavy atom. The number of nitrogens with zero attached hydrogens (tertiary/aromatic N) is 2. The average Bonchev–Trinajstić information content (AvgIpc) is 2.50. The number of hydrogen-bond donors (Lipinski definition) is 0. The molecular formula is C14H24N2O4. The fourth-order valence-electron chi connectivity index (χ4n) is 2.86. The Morgan fingerprint density at radius 3 is 2.65 bits per heavy atom. The van der Waals surface area contributed by atoms with Crippen molar-refractivity contribution in [3.63, 3.8) is 0 Å². The Balaban J connectivity index is 1.87. The third-order valence-electron chi connectivity index (χ3n) is 4.08. The predicted octanol–water partition coefficient (Wildman–Crippen LogP) is 0.263. The summed E-state index contributed by atoms with van der Waals surface area (Å²) in [6, 6.07) is 0.140. The van der Waals surface area contributed by atoms with Crippen LogP contribution in [0.25, 0.3) is 0 Å². The van der Waals surface area contributed by atoms with E-state index in [-0.39, 0.29) is 17.9 Å². The van der Waals surface area contributed by atoms with E-state index in [4.69, 9.17) is 9.47 Å². The number of likely N-dealkylation sites (tertiary alicyclic amines) is 1. The summed E-state index contributed by atoms with van der Waals surface area (Å²) in [5.41, 5.74) is 0. The Kier molecular flexibility index (Phi) is 5.79. The molecule has 0 N–H and O–H groups in total. The van der Waals surface area contributed by atoms with Gasteiger partial charge in [0.25, 0.3) is 0 Å². The Morgan fingerprint density at radius 1 is 1.20 bits per heavy atom. The van der Waals surface area contributed by atoms with Crippen molar-refractivity contribution in [2.24, 2.45) is 0 Å². The molecule has 0 aromatic carbocycles. The minimum absolute atomic E-state index is 0.140. The molecule has 0 aliphatic carbocycles. The van der Waals surface area contributed by atoms with Crippen molar-refractivity contribution in [1.29, 1.82) is 0 Å². The van der Waals surface area contributed by atoms with E-state index < -0.39 is 0 Å². The zero-order chi connectivity index (χ0) is 14.4. The lowest BCUT2D eigenvalue weighted by molar-refractivity contribution is -0.144. The lowest BCUT2D eigenvalue weighted by Crippen LogP contribution is -2.49. The molecule has 6 nitrogen and oxygen atoms in total. The highest BCUT2D eigenvalue weighted by Crippen LogP contribution is 2.20. The zero-order valence-corrected chi connectivity index (χ0v) is 12.2. The van der Waals surface area contributed by atoms with Gasteiger partial charge in [-0.25, -0.2) is 0 Å². The van der Waals surface area contributed by atoms with Crippen LogP contribution in [-0.4, -0.2) is 74.2 Å². The van der Waals surface area contributed by atoms with Gasteiger partial charge in [-0.05, 0) is 19.4 Å². The van der Waals surface area contributed by atoms with Gasteiger partial charge in [0.05, 0.1) is 33.3 Å². The number of morpholine rings is 1. The van der Waals surface area contributed by atoms with Crippen molar-refractivity contribution in [3.8, 4) is 0 Å². The Labute approximate surface area is 120 Å². The highest BCUT2D eigenvalue weighted by molar-refractivity contribution is 5.78. The van der Waals surface area contributed by atoms with E-state index in [1.54, 1.807) is 0 Å². The summed E-state index contributed by atoms with van der Waals surface area (Å²) in [5, 5.41) is 0. The van der Waals surface area contributed by atoms with E-state index in [2.05, 4.69) is 4.90 Å². The van der Waals surface area contributed by atoms with Gasteiger partial charge in [-0.2, -0.15) is 0 Å². The van der Waals surface area contributed by atoms with Crippen LogP contribution in [0, 0.1) is 0 Å². The Bertz CT molecular complexity index is 342. The average molecular weight is 284 g/mol. The van der Waals surface area contributed by atoms with E-state index in [0.29, 0.717) is 39.3 Å². The SMILES string of the molecule is COC(=O)CC1CCCCN1CC(=O)N1CCOCC1. The van der Waals surface area contributed by atoms with E-state index in [1.807, 2.05) is 4.90 Å². The first kappa shape index (κ1) is 15.3. The first-order valence-corrected chi connectivity index (χ1v) is 7.37. The molecule has 1 atom stereocenters. The number of hydrogen-bond acceptors (Lipinski definition) is 5. The number of carbonyl (C=O) groups is 2. The normalized spacial score (nSPS) is 24.4. The van der Waals surface area contributed by atoms with Gasteiger partial charge in [0.1, 0.15) is 0 Å². The molecule has 2 aliphatic rings. The molecule has 0 spiro atoms. The summed E-state index contributed by atoms with van der Waals surface area (Å²) in [6.45, 7) is 3.89. The molecule has 0 aromatic heterocycles. The van der Waals surface area contributed by atoms with E-state index in [1.165, 1.54) is 7.11 Å². The van der Waals surface area contributed by atoms with Crippen molar-refractivity contribution in [3.05, 3.63) is 0 Å². The largest absolute Gasteiger partial charge is 0.469 e. The summed E-state index contributed by atoms with van der Waals surface area (Å²) in [4.78, 5) is 27.7. The quantitative estimate of drug-likeness (QED) is 0.693. The maximum Gasteiger partial charge on any atom is 0.307 e. The molecule has 0 aromatic rings. The molecule has 6 heteroatoms. The van der Waals surface area contributed by atoms with Gasteiger partial charge in [-0.1, -0.05) is 6.42 Å². The van der Waals surface area contributed by atoms with Crippen LogP contribution in [0.3, 0.4) is 0 Å². The van der Waals surface area contributed by atoms with Crippen LogP contribution in [0.15, 0.2) is 0 Å². The molecule has 0 saturated carbocycles. The molecule has 2 saturated heterocycles. The van der Waals surface area contributed by atoms with Crippen LogP contribution in [0.5, 0.6) is 0 Å². The molecule has 1 unspecified atom stereocenters. The van der Waals surface area contributed by atoms with Crippen LogP contribution < -0.4 is 0 Å². The molecule has 2 rings (SSSR count). The maximum atomic E-state index is 12.3. The smallest absolute Gasteiger partial charge is 0.307 e. The Hall–Kier alpha value is -1.14. The first-order chi connectivity index (χ1) is 9.70. The second kappa shape index (κ2) is 7.59.